The zero-order valence-electron chi connectivity index (χ0n) is 9.41. The van der Waals surface area contributed by atoms with Crippen molar-refractivity contribution < 1.29 is 9.66 Å². The van der Waals surface area contributed by atoms with Gasteiger partial charge in [0.05, 0.1) is 4.92 Å². The number of hydrogen-bond acceptors (Lipinski definition) is 5. The predicted molar refractivity (Wildman–Crippen MR) is 61.8 cm³/mol. The Labute approximate surface area is 98.9 Å². The van der Waals surface area contributed by atoms with Gasteiger partial charge in [0.25, 0.3) is 0 Å². The Hall–Kier alpha value is -1.69. The Bertz CT molecular complexity index is 411. The average Bonchev–Trinajstić information content (AvgIpc) is 2.29. The first-order valence-corrected chi connectivity index (χ1v) is 5.67. The van der Waals surface area contributed by atoms with E-state index < -0.39 is 4.92 Å². The van der Waals surface area contributed by atoms with Crippen molar-refractivity contribution in [3.05, 3.63) is 28.6 Å². The van der Waals surface area contributed by atoms with E-state index in [4.69, 9.17) is 10.5 Å². The number of nitrogens with zero attached hydrogens (tertiary/aromatic N) is 2. The third-order valence-electron chi connectivity index (χ3n) is 2.92. The smallest absolute Gasteiger partial charge is 0.329 e. The lowest BCUT2D eigenvalue weighted by Gasteiger charge is -2.26. The van der Waals surface area contributed by atoms with Crippen molar-refractivity contribution in [1.29, 1.82) is 0 Å². The molecule has 2 atom stereocenters. The highest BCUT2D eigenvalue weighted by Crippen LogP contribution is 2.29. The van der Waals surface area contributed by atoms with Crippen molar-refractivity contribution in [2.45, 2.75) is 37.8 Å². The summed E-state index contributed by atoms with van der Waals surface area (Å²) in [5.74, 6) is 0.282. The molecule has 1 fully saturated rings. The standard InChI is InChI=1S/C11H15N3O3/c12-8-2-1-3-9(6-8)17-11-4-5-13-7-10(11)14(15)16/h4-5,7-9H,1-3,6,12H2. The van der Waals surface area contributed by atoms with Crippen molar-refractivity contribution in [2.24, 2.45) is 5.73 Å². The van der Waals surface area contributed by atoms with Crippen LogP contribution in [-0.4, -0.2) is 22.1 Å². The number of hydrogen-bond donors (Lipinski definition) is 1. The van der Waals surface area contributed by atoms with E-state index >= 15 is 0 Å². The van der Waals surface area contributed by atoms with Crippen LogP contribution in [0.15, 0.2) is 18.5 Å². The molecule has 1 aromatic rings. The van der Waals surface area contributed by atoms with Crippen LogP contribution < -0.4 is 10.5 Å². The maximum Gasteiger partial charge on any atom is 0.329 e. The molecule has 0 spiro atoms. The SMILES string of the molecule is NC1CCCC(Oc2ccncc2[N+](=O)[O-])C1. The molecule has 0 amide bonds. The third-order valence-corrected chi connectivity index (χ3v) is 2.92. The lowest BCUT2D eigenvalue weighted by Crippen LogP contribution is -2.33. The van der Waals surface area contributed by atoms with Gasteiger partial charge >= 0.3 is 5.69 Å². The minimum absolute atomic E-state index is 0.0279. The monoisotopic (exact) mass is 237 g/mol. The number of ether oxygens (including phenoxy) is 1. The summed E-state index contributed by atoms with van der Waals surface area (Å²) in [4.78, 5) is 14.0. The van der Waals surface area contributed by atoms with Gasteiger partial charge in [0.1, 0.15) is 12.3 Å². The highest BCUT2D eigenvalue weighted by Gasteiger charge is 2.23. The Morgan fingerprint density at radius 2 is 2.35 bits per heavy atom. The van der Waals surface area contributed by atoms with Crippen molar-refractivity contribution in [2.75, 3.05) is 0 Å². The van der Waals surface area contributed by atoms with Gasteiger partial charge in [-0.1, -0.05) is 0 Å². The summed E-state index contributed by atoms with van der Waals surface area (Å²) in [6.07, 6.45) is 6.32. The van der Waals surface area contributed by atoms with Gasteiger partial charge in [-0.15, -0.1) is 0 Å². The molecule has 1 saturated carbocycles. The van der Waals surface area contributed by atoms with Gasteiger partial charge in [0.15, 0.2) is 0 Å². The lowest BCUT2D eigenvalue weighted by molar-refractivity contribution is -0.386. The summed E-state index contributed by atoms with van der Waals surface area (Å²) in [6, 6.07) is 1.66. The maximum absolute atomic E-state index is 10.8. The van der Waals surface area contributed by atoms with Crippen molar-refractivity contribution >= 4 is 5.69 Å². The van der Waals surface area contributed by atoms with E-state index in [9.17, 15) is 10.1 Å². The number of nitro groups is 1. The van der Waals surface area contributed by atoms with Gasteiger partial charge in [0.2, 0.25) is 5.75 Å². The first-order valence-electron chi connectivity index (χ1n) is 5.67. The molecule has 17 heavy (non-hydrogen) atoms. The van der Waals surface area contributed by atoms with E-state index in [0.717, 1.165) is 25.7 Å². The van der Waals surface area contributed by atoms with Gasteiger partial charge in [-0.05, 0) is 25.7 Å². The Kier molecular flexibility index (Phi) is 3.53. The van der Waals surface area contributed by atoms with Gasteiger partial charge < -0.3 is 10.5 Å². The van der Waals surface area contributed by atoms with E-state index in [1.54, 1.807) is 0 Å². The minimum Gasteiger partial charge on any atom is -0.483 e. The second kappa shape index (κ2) is 5.09. The molecule has 1 aromatic heterocycles. The van der Waals surface area contributed by atoms with E-state index in [1.165, 1.54) is 18.5 Å². The van der Waals surface area contributed by atoms with Crippen LogP contribution in [-0.2, 0) is 0 Å². The average molecular weight is 237 g/mol. The molecule has 0 aliphatic heterocycles. The zero-order valence-corrected chi connectivity index (χ0v) is 9.41. The fourth-order valence-corrected chi connectivity index (χ4v) is 2.08. The van der Waals surface area contributed by atoms with Gasteiger partial charge in [-0.2, -0.15) is 0 Å². The number of rotatable bonds is 3. The van der Waals surface area contributed by atoms with Crippen LogP contribution in [0.1, 0.15) is 25.7 Å². The van der Waals surface area contributed by atoms with E-state index in [2.05, 4.69) is 4.98 Å². The molecule has 1 aliphatic carbocycles. The second-order valence-electron chi connectivity index (χ2n) is 4.27. The van der Waals surface area contributed by atoms with E-state index in [0.29, 0.717) is 0 Å². The number of aromatic nitrogens is 1. The summed E-state index contributed by atoms with van der Waals surface area (Å²) in [5, 5.41) is 10.8. The van der Waals surface area contributed by atoms with Crippen molar-refractivity contribution in [3.8, 4) is 5.75 Å². The zero-order chi connectivity index (χ0) is 12.3. The highest BCUT2D eigenvalue weighted by atomic mass is 16.6. The van der Waals surface area contributed by atoms with Crippen LogP contribution in [0.4, 0.5) is 5.69 Å². The van der Waals surface area contributed by atoms with Gasteiger partial charge in [-0.3, -0.25) is 15.1 Å². The minimum atomic E-state index is -0.481. The summed E-state index contributed by atoms with van der Waals surface area (Å²) in [6.45, 7) is 0. The van der Waals surface area contributed by atoms with E-state index in [1.807, 2.05) is 0 Å². The number of nitrogens with two attached hydrogens (primary N) is 1. The molecule has 1 heterocycles. The van der Waals surface area contributed by atoms with Crippen LogP contribution >= 0.6 is 0 Å². The Morgan fingerprint density at radius 1 is 1.53 bits per heavy atom. The van der Waals surface area contributed by atoms with Gasteiger partial charge in [-0.25, -0.2) is 0 Å². The van der Waals surface area contributed by atoms with Crippen LogP contribution in [0.3, 0.4) is 0 Å². The van der Waals surface area contributed by atoms with Crippen LogP contribution in [0.5, 0.6) is 5.75 Å². The fraction of sp³-hybridized carbons (Fsp3) is 0.545. The van der Waals surface area contributed by atoms with E-state index in [-0.39, 0.29) is 23.6 Å². The number of pyridine rings is 1. The molecule has 0 bridgehead atoms. The molecule has 6 nitrogen and oxygen atoms in total. The van der Waals surface area contributed by atoms with Crippen LogP contribution in [0.25, 0.3) is 0 Å². The molecule has 2 unspecified atom stereocenters. The molecular formula is C11H15N3O3. The summed E-state index contributed by atoms with van der Waals surface area (Å²) >= 11 is 0. The quantitative estimate of drug-likeness (QED) is 0.637. The van der Waals surface area contributed by atoms with Crippen LogP contribution in [0, 0.1) is 10.1 Å². The fourth-order valence-electron chi connectivity index (χ4n) is 2.08. The Balaban J connectivity index is 2.10. The van der Waals surface area contributed by atoms with Crippen molar-refractivity contribution in [1.82, 2.24) is 4.98 Å². The summed E-state index contributed by atoms with van der Waals surface area (Å²) in [5.41, 5.74) is 5.76. The lowest BCUT2D eigenvalue weighted by atomic mass is 9.93. The molecule has 0 saturated heterocycles. The van der Waals surface area contributed by atoms with Crippen LogP contribution in [0.2, 0.25) is 0 Å². The normalized spacial score (nSPS) is 24.3. The third kappa shape index (κ3) is 2.91. The molecule has 92 valence electrons. The van der Waals surface area contributed by atoms with Gasteiger partial charge in [0, 0.05) is 18.3 Å². The molecule has 1 aliphatic rings. The molecular weight excluding hydrogens is 222 g/mol. The molecule has 2 N–H and O–H groups in total. The summed E-state index contributed by atoms with van der Waals surface area (Å²) in [7, 11) is 0. The molecule has 6 heteroatoms. The first kappa shape index (κ1) is 11.8. The molecule has 0 aromatic carbocycles. The Morgan fingerprint density at radius 3 is 3.06 bits per heavy atom. The predicted octanol–water partition coefficient (Wildman–Crippen LogP) is 1.64. The highest BCUT2D eigenvalue weighted by molar-refractivity contribution is 5.43. The maximum atomic E-state index is 10.8. The summed E-state index contributed by atoms with van der Waals surface area (Å²) < 4.78 is 5.66. The largest absolute Gasteiger partial charge is 0.483 e. The molecule has 2 rings (SSSR count). The van der Waals surface area contributed by atoms with Crippen molar-refractivity contribution in [3.63, 3.8) is 0 Å². The second-order valence-corrected chi connectivity index (χ2v) is 4.27. The molecule has 0 radical (unpaired) electrons. The topological polar surface area (TPSA) is 91.3 Å². The first-order chi connectivity index (χ1) is 8.16.